The molecule has 1 aromatic heterocycles. The molecule has 1 aromatic carbocycles. The summed E-state index contributed by atoms with van der Waals surface area (Å²) >= 11 is 5.80. The molecule has 2 aromatic rings. The SMILES string of the molecule is O=C(CS(=O)c1ccc(Cl)cc1)Nc1cc(C2CCCC2)[nH]n1. The van der Waals surface area contributed by atoms with Crippen LogP contribution in [0.5, 0.6) is 0 Å². The van der Waals surface area contributed by atoms with E-state index >= 15 is 0 Å². The number of carbonyl (C=O) groups is 1. The minimum absolute atomic E-state index is 0.104. The Bertz CT molecular complexity index is 708. The molecule has 1 aliphatic rings. The summed E-state index contributed by atoms with van der Waals surface area (Å²) < 4.78 is 12.1. The highest BCUT2D eigenvalue weighted by Gasteiger charge is 2.20. The van der Waals surface area contributed by atoms with E-state index in [0.717, 1.165) is 18.5 Å². The van der Waals surface area contributed by atoms with Crippen molar-refractivity contribution in [2.45, 2.75) is 36.5 Å². The first-order chi connectivity index (χ1) is 11.1. The Kier molecular flexibility index (Phi) is 5.13. The molecule has 1 aliphatic carbocycles. The van der Waals surface area contributed by atoms with Crippen molar-refractivity contribution in [3.05, 3.63) is 41.0 Å². The quantitative estimate of drug-likeness (QED) is 0.866. The number of amides is 1. The summed E-state index contributed by atoms with van der Waals surface area (Å²) in [4.78, 5) is 12.6. The number of hydrogen-bond acceptors (Lipinski definition) is 3. The maximum atomic E-state index is 12.1. The number of hydrogen-bond donors (Lipinski definition) is 2. The molecular formula is C16H18ClN3O2S. The summed E-state index contributed by atoms with van der Waals surface area (Å²) in [5.74, 6) is 0.580. The van der Waals surface area contributed by atoms with Crippen LogP contribution in [-0.2, 0) is 15.6 Å². The number of anilines is 1. The Balaban J connectivity index is 1.56. The molecule has 5 nitrogen and oxygen atoms in total. The van der Waals surface area contributed by atoms with E-state index in [9.17, 15) is 9.00 Å². The number of H-pyrrole nitrogens is 1. The third-order valence-electron chi connectivity index (χ3n) is 4.00. The van der Waals surface area contributed by atoms with Crippen molar-refractivity contribution < 1.29 is 9.00 Å². The van der Waals surface area contributed by atoms with Crippen molar-refractivity contribution in [3.63, 3.8) is 0 Å². The monoisotopic (exact) mass is 351 g/mol. The normalized spacial score (nSPS) is 16.4. The Labute approximate surface area is 142 Å². The molecule has 0 aliphatic heterocycles. The van der Waals surface area contributed by atoms with E-state index in [1.165, 1.54) is 12.8 Å². The van der Waals surface area contributed by atoms with Crippen LogP contribution < -0.4 is 5.32 Å². The first-order valence-electron chi connectivity index (χ1n) is 7.61. The lowest BCUT2D eigenvalue weighted by atomic mass is 10.0. The topological polar surface area (TPSA) is 74.8 Å². The number of nitrogens with zero attached hydrogens (tertiary/aromatic N) is 1. The van der Waals surface area contributed by atoms with Gasteiger partial charge in [-0.25, -0.2) is 0 Å². The molecule has 1 fully saturated rings. The van der Waals surface area contributed by atoms with Gasteiger partial charge in [-0.1, -0.05) is 24.4 Å². The maximum absolute atomic E-state index is 12.1. The number of aromatic amines is 1. The van der Waals surface area contributed by atoms with Gasteiger partial charge < -0.3 is 5.32 Å². The molecule has 2 N–H and O–H groups in total. The fourth-order valence-corrected chi connectivity index (χ4v) is 3.86. The van der Waals surface area contributed by atoms with E-state index in [1.807, 2.05) is 6.07 Å². The fourth-order valence-electron chi connectivity index (χ4n) is 2.81. The number of halogens is 1. The van der Waals surface area contributed by atoms with Crippen LogP contribution in [0.25, 0.3) is 0 Å². The number of carbonyl (C=O) groups excluding carboxylic acids is 1. The molecule has 1 heterocycles. The van der Waals surface area contributed by atoms with Gasteiger partial charge in [0.05, 0.1) is 10.8 Å². The van der Waals surface area contributed by atoms with Crippen LogP contribution in [0.3, 0.4) is 0 Å². The van der Waals surface area contributed by atoms with Crippen molar-refractivity contribution in [2.24, 2.45) is 0 Å². The largest absolute Gasteiger partial charge is 0.308 e. The van der Waals surface area contributed by atoms with E-state index in [-0.39, 0.29) is 11.7 Å². The molecule has 1 amide bonds. The molecule has 1 unspecified atom stereocenters. The van der Waals surface area contributed by atoms with Gasteiger partial charge in [-0.15, -0.1) is 0 Å². The molecular weight excluding hydrogens is 334 g/mol. The maximum Gasteiger partial charge on any atom is 0.238 e. The highest BCUT2D eigenvalue weighted by Crippen LogP contribution is 2.33. The summed E-state index contributed by atoms with van der Waals surface area (Å²) in [5, 5.41) is 10.4. The van der Waals surface area contributed by atoms with E-state index < -0.39 is 10.8 Å². The van der Waals surface area contributed by atoms with Crippen molar-refractivity contribution in [1.82, 2.24) is 10.2 Å². The third kappa shape index (κ3) is 4.20. The van der Waals surface area contributed by atoms with Gasteiger partial charge in [-0.2, -0.15) is 5.10 Å². The lowest BCUT2D eigenvalue weighted by Crippen LogP contribution is -2.19. The Morgan fingerprint density at radius 3 is 2.70 bits per heavy atom. The zero-order valence-corrected chi connectivity index (χ0v) is 14.1. The van der Waals surface area contributed by atoms with Crippen molar-refractivity contribution in [3.8, 4) is 0 Å². The molecule has 1 atom stereocenters. The predicted molar refractivity (Wildman–Crippen MR) is 91.2 cm³/mol. The van der Waals surface area contributed by atoms with Gasteiger partial charge in [0.25, 0.3) is 0 Å². The second-order valence-electron chi connectivity index (χ2n) is 5.68. The molecule has 0 radical (unpaired) electrons. The van der Waals surface area contributed by atoms with E-state index in [2.05, 4.69) is 15.5 Å². The number of benzene rings is 1. The van der Waals surface area contributed by atoms with Crippen LogP contribution >= 0.6 is 11.6 Å². The average Bonchev–Trinajstić information content (AvgIpc) is 3.18. The molecule has 23 heavy (non-hydrogen) atoms. The van der Waals surface area contributed by atoms with Crippen molar-refractivity contribution >= 4 is 34.1 Å². The van der Waals surface area contributed by atoms with Crippen molar-refractivity contribution in [2.75, 3.05) is 11.1 Å². The summed E-state index contributed by atoms with van der Waals surface area (Å²) in [6, 6.07) is 8.53. The van der Waals surface area contributed by atoms with Crippen LogP contribution in [0.4, 0.5) is 5.82 Å². The molecule has 1 saturated carbocycles. The third-order valence-corrected chi connectivity index (χ3v) is 5.57. The highest BCUT2D eigenvalue weighted by atomic mass is 35.5. The zero-order valence-electron chi connectivity index (χ0n) is 12.5. The van der Waals surface area contributed by atoms with Gasteiger partial charge in [0, 0.05) is 27.6 Å². The number of aromatic nitrogens is 2. The first-order valence-corrected chi connectivity index (χ1v) is 9.30. The summed E-state index contributed by atoms with van der Waals surface area (Å²) in [6.45, 7) is 0. The Hall–Kier alpha value is -1.66. The summed E-state index contributed by atoms with van der Waals surface area (Å²) in [5.41, 5.74) is 1.07. The van der Waals surface area contributed by atoms with Crippen LogP contribution in [0.15, 0.2) is 35.2 Å². The van der Waals surface area contributed by atoms with Gasteiger partial charge in [0.15, 0.2) is 5.82 Å². The van der Waals surface area contributed by atoms with E-state index in [0.29, 0.717) is 21.7 Å². The standard InChI is InChI=1S/C16H18ClN3O2S/c17-12-5-7-13(8-6-12)23(22)10-16(21)18-15-9-14(19-20-15)11-3-1-2-4-11/h5-9,11H,1-4,10H2,(H2,18,19,20,21). The molecule has 0 saturated heterocycles. The minimum Gasteiger partial charge on any atom is -0.308 e. The number of rotatable bonds is 5. The predicted octanol–water partition coefficient (Wildman–Crippen LogP) is 3.47. The molecule has 7 heteroatoms. The van der Waals surface area contributed by atoms with Gasteiger partial charge >= 0.3 is 0 Å². The fraction of sp³-hybridized carbons (Fsp3) is 0.375. The average molecular weight is 352 g/mol. The van der Waals surface area contributed by atoms with Crippen LogP contribution in [0.2, 0.25) is 5.02 Å². The van der Waals surface area contributed by atoms with Crippen LogP contribution in [0.1, 0.15) is 37.3 Å². The first kappa shape index (κ1) is 16.2. The summed E-state index contributed by atoms with van der Waals surface area (Å²) in [7, 11) is -1.40. The minimum atomic E-state index is -1.40. The van der Waals surface area contributed by atoms with Gasteiger partial charge in [-0.3, -0.25) is 14.1 Å². The lowest BCUT2D eigenvalue weighted by Gasteiger charge is -2.04. The van der Waals surface area contributed by atoms with Crippen LogP contribution in [0, 0.1) is 0 Å². The molecule has 122 valence electrons. The van der Waals surface area contributed by atoms with Crippen molar-refractivity contribution in [1.29, 1.82) is 0 Å². The van der Waals surface area contributed by atoms with Gasteiger partial charge in [0.2, 0.25) is 5.91 Å². The number of nitrogens with one attached hydrogen (secondary N) is 2. The zero-order chi connectivity index (χ0) is 16.2. The second-order valence-corrected chi connectivity index (χ2v) is 7.57. The molecule has 0 spiro atoms. The second kappa shape index (κ2) is 7.27. The lowest BCUT2D eigenvalue weighted by molar-refractivity contribution is -0.113. The molecule has 0 bridgehead atoms. The Morgan fingerprint density at radius 2 is 2.00 bits per heavy atom. The highest BCUT2D eigenvalue weighted by molar-refractivity contribution is 7.85. The summed E-state index contributed by atoms with van der Waals surface area (Å²) in [6.07, 6.45) is 4.81. The van der Waals surface area contributed by atoms with Gasteiger partial charge in [-0.05, 0) is 37.1 Å². The Morgan fingerprint density at radius 1 is 1.30 bits per heavy atom. The smallest absolute Gasteiger partial charge is 0.238 e. The van der Waals surface area contributed by atoms with E-state index in [4.69, 9.17) is 11.6 Å². The van der Waals surface area contributed by atoms with E-state index in [1.54, 1.807) is 24.3 Å². The van der Waals surface area contributed by atoms with Crippen LogP contribution in [-0.4, -0.2) is 26.1 Å². The molecule has 3 rings (SSSR count). The van der Waals surface area contributed by atoms with Gasteiger partial charge in [0.1, 0.15) is 5.75 Å².